The number of carbonyl (C=O) groups excluding carboxylic acids is 1. The van der Waals surface area contributed by atoms with E-state index >= 15 is 0 Å². The molecular formula is C8H15N3O. The fourth-order valence-corrected chi connectivity index (χ4v) is 0.972. The Bertz CT molecular complexity index is 210. The van der Waals surface area contributed by atoms with Crippen molar-refractivity contribution >= 4 is 5.91 Å². The first-order chi connectivity index (χ1) is 5.59. The van der Waals surface area contributed by atoms with Crippen LogP contribution < -0.4 is 5.43 Å². The van der Waals surface area contributed by atoms with Gasteiger partial charge in [-0.15, -0.1) is 0 Å². The van der Waals surface area contributed by atoms with Crippen LogP contribution in [0, 0.1) is 0 Å². The van der Waals surface area contributed by atoms with Crippen LogP contribution in [0.2, 0.25) is 0 Å². The molecule has 0 unspecified atom stereocenters. The highest BCUT2D eigenvalue weighted by Crippen LogP contribution is 2.01. The maximum atomic E-state index is 11.2. The van der Waals surface area contributed by atoms with Crippen molar-refractivity contribution in [3.63, 3.8) is 0 Å². The molecule has 0 bridgehead atoms. The summed E-state index contributed by atoms with van der Waals surface area (Å²) in [6, 6.07) is 0. The maximum Gasteiger partial charge on any atom is 0.243 e. The summed E-state index contributed by atoms with van der Waals surface area (Å²) in [4.78, 5) is 12.8. The van der Waals surface area contributed by atoms with E-state index in [-0.39, 0.29) is 5.91 Å². The molecular weight excluding hydrogens is 154 g/mol. The minimum Gasteiger partial charge on any atom is -0.347 e. The molecule has 1 N–H and O–H groups in total. The van der Waals surface area contributed by atoms with Gasteiger partial charge in [0.1, 0.15) is 6.54 Å². The molecule has 0 saturated heterocycles. The van der Waals surface area contributed by atoms with Crippen LogP contribution in [0.5, 0.6) is 0 Å². The molecule has 1 heterocycles. The van der Waals surface area contributed by atoms with Crippen LogP contribution >= 0.6 is 0 Å². The lowest BCUT2D eigenvalue weighted by Gasteiger charge is -2.17. The van der Waals surface area contributed by atoms with E-state index in [0.717, 1.165) is 6.54 Å². The average molecular weight is 169 g/mol. The van der Waals surface area contributed by atoms with E-state index in [1.54, 1.807) is 19.0 Å². The molecule has 68 valence electrons. The van der Waals surface area contributed by atoms with Crippen molar-refractivity contribution in [1.82, 2.24) is 15.3 Å². The van der Waals surface area contributed by atoms with Crippen molar-refractivity contribution in [2.45, 2.75) is 6.92 Å². The van der Waals surface area contributed by atoms with Gasteiger partial charge in [0.25, 0.3) is 0 Å². The summed E-state index contributed by atoms with van der Waals surface area (Å²) in [6.45, 7) is 3.29. The minimum atomic E-state index is 0.105. The Morgan fingerprint density at radius 1 is 1.75 bits per heavy atom. The van der Waals surface area contributed by atoms with E-state index in [1.807, 2.05) is 18.1 Å². The van der Waals surface area contributed by atoms with Crippen molar-refractivity contribution in [2.75, 3.05) is 27.2 Å². The lowest BCUT2D eigenvalue weighted by Crippen LogP contribution is -2.38. The highest BCUT2D eigenvalue weighted by atomic mass is 16.2. The summed E-state index contributed by atoms with van der Waals surface area (Å²) in [5, 5.41) is 1.82. The largest absolute Gasteiger partial charge is 0.347 e. The average Bonchev–Trinajstić information content (AvgIpc) is 2.35. The van der Waals surface area contributed by atoms with Gasteiger partial charge < -0.3 is 9.91 Å². The number of hydrogen-bond acceptors (Lipinski definition) is 3. The summed E-state index contributed by atoms with van der Waals surface area (Å²) in [6.07, 6.45) is 1.96. The predicted molar refractivity (Wildman–Crippen MR) is 47.2 cm³/mol. The summed E-state index contributed by atoms with van der Waals surface area (Å²) < 4.78 is 0. The molecule has 1 amide bonds. The number of hydrazine groups is 1. The van der Waals surface area contributed by atoms with Gasteiger partial charge in [0.15, 0.2) is 0 Å². The van der Waals surface area contributed by atoms with E-state index in [9.17, 15) is 4.79 Å². The zero-order chi connectivity index (χ0) is 9.14. The molecule has 0 aromatic heterocycles. The molecule has 12 heavy (non-hydrogen) atoms. The molecule has 0 aromatic rings. The van der Waals surface area contributed by atoms with Crippen molar-refractivity contribution in [3.8, 4) is 0 Å². The number of nitrogens with zero attached hydrogens (tertiary/aromatic N) is 2. The second-order valence-electron chi connectivity index (χ2n) is 3.23. The smallest absolute Gasteiger partial charge is 0.243 e. The van der Waals surface area contributed by atoms with Gasteiger partial charge in [0.05, 0.1) is 0 Å². The fraction of sp³-hybridized carbons (Fsp3) is 0.625. The topological polar surface area (TPSA) is 35.6 Å². The highest BCUT2D eigenvalue weighted by molar-refractivity contribution is 5.77. The Labute approximate surface area is 72.8 Å². The zero-order valence-corrected chi connectivity index (χ0v) is 7.79. The monoisotopic (exact) mass is 169 g/mol. The molecule has 4 heteroatoms. The normalized spacial score (nSPS) is 16.2. The van der Waals surface area contributed by atoms with E-state index in [1.165, 1.54) is 5.57 Å². The zero-order valence-electron chi connectivity index (χ0n) is 7.79. The van der Waals surface area contributed by atoms with Gasteiger partial charge in [-0.2, -0.15) is 0 Å². The van der Waals surface area contributed by atoms with E-state index < -0.39 is 0 Å². The van der Waals surface area contributed by atoms with Crippen LogP contribution in [0.25, 0.3) is 0 Å². The third-order valence-electron chi connectivity index (χ3n) is 1.74. The van der Waals surface area contributed by atoms with Crippen molar-refractivity contribution < 1.29 is 4.79 Å². The van der Waals surface area contributed by atoms with Crippen LogP contribution in [0.3, 0.4) is 0 Å². The number of amides is 1. The molecule has 4 nitrogen and oxygen atoms in total. The van der Waals surface area contributed by atoms with Gasteiger partial charge in [-0.05, 0) is 12.5 Å². The molecule has 0 aliphatic carbocycles. The van der Waals surface area contributed by atoms with Gasteiger partial charge in [-0.3, -0.25) is 4.79 Å². The summed E-state index contributed by atoms with van der Waals surface area (Å²) in [7, 11) is 3.52. The van der Waals surface area contributed by atoms with Gasteiger partial charge >= 0.3 is 0 Å². The van der Waals surface area contributed by atoms with Gasteiger partial charge in [0, 0.05) is 26.8 Å². The lowest BCUT2D eigenvalue weighted by atomic mass is 10.4. The quantitative estimate of drug-likeness (QED) is 0.621. The first kappa shape index (κ1) is 9.06. The lowest BCUT2D eigenvalue weighted by molar-refractivity contribution is -0.129. The molecule has 1 rings (SSSR count). The number of rotatable bonds is 2. The third kappa shape index (κ3) is 2.23. The first-order valence-electron chi connectivity index (χ1n) is 3.97. The Morgan fingerprint density at radius 2 is 2.42 bits per heavy atom. The minimum absolute atomic E-state index is 0.105. The first-order valence-corrected chi connectivity index (χ1v) is 3.97. The molecule has 0 aromatic carbocycles. The second-order valence-corrected chi connectivity index (χ2v) is 3.23. The SMILES string of the molecule is CC1=CN(CC(=O)N(C)C)NC1. The van der Waals surface area contributed by atoms with Gasteiger partial charge in [-0.1, -0.05) is 0 Å². The second kappa shape index (κ2) is 3.58. The number of nitrogens with one attached hydrogen (secondary N) is 1. The molecule has 0 fully saturated rings. The molecule has 1 aliphatic heterocycles. The molecule has 0 atom stereocenters. The van der Waals surface area contributed by atoms with Crippen LogP contribution in [0.4, 0.5) is 0 Å². The number of carbonyl (C=O) groups is 1. The number of hydrogen-bond donors (Lipinski definition) is 1. The van der Waals surface area contributed by atoms with E-state index in [0.29, 0.717) is 6.54 Å². The van der Waals surface area contributed by atoms with Crippen molar-refractivity contribution in [3.05, 3.63) is 11.8 Å². The van der Waals surface area contributed by atoms with Crippen LogP contribution in [0.1, 0.15) is 6.92 Å². The summed E-state index contributed by atoms with van der Waals surface area (Å²) >= 11 is 0. The Balaban J connectivity index is 2.38. The van der Waals surface area contributed by atoms with E-state index in [2.05, 4.69) is 5.43 Å². The predicted octanol–water partition coefficient (Wildman–Crippen LogP) is -0.201. The molecule has 0 saturated carbocycles. The van der Waals surface area contributed by atoms with Crippen LogP contribution in [-0.2, 0) is 4.79 Å². The van der Waals surface area contributed by atoms with Crippen molar-refractivity contribution in [2.24, 2.45) is 0 Å². The Kier molecular flexibility index (Phi) is 2.70. The third-order valence-corrected chi connectivity index (χ3v) is 1.74. The molecule has 0 spiro atoms. The van der Waals surface area contributed by atoms with Crippen molar-refractivity contribution in [1.29, 1.82) is 0 Å². The van der Waals surface area contributed by atoms with E-state index in [4.69, 9.17) is 0 Å². The van der Waals surface area contributed by atoms with Crippen LogP contribution in [-0.4, -0.2) is 43.0 Å². The van der Waals surface area contributed by atoms with Gasteiger partial charge in [0.2, 0.25) is 5.91 Å². The molecule has 0 radical (unpaired) electrons. The number of likely N-dealkylation sites (N-methyl/N-ethyl adjacent to an activating group) is 1. The Hall–Kier alpha value is -1.03. The standard InChI is InChI=1S/C8H15N3O/c1-7-4-9-11(5-7)6-8(12)10(2)3/h5,9H,4,6H2,1-3H3. The maximum absolute atomic E-state index is 11.2. The van der Waals surface area contributed by atoms with Gasteiger partial charge in [-0.25, -0.2) is 5.43 Å². The summed E-state index contributed by atoms with van der Waals surface area (Å²) in [5.74, 6) is 0.105. The molecule has 1 aliphatic rings. The Morgan fingerprint density at radius 3 is 2.83 bits per heavy atom. The highest BCUT2D eigenvalue weighted by Gasteiger charge is 2.12. The van der Waals surface area contributed by atoms with Crippen LogP contribution in [0.15, 0.2) is 11.8 Å². The summed E-state index contributed by atoms with van der Waals surface area (Å²) in [5.41, 5.74) is 4.34. The fourth-order valence-electron chi connectivity index (χ4n) is 0.972.